The van der Waals surface area contributed by atoms with Gasteiger partial charge in [-0.15, -0.1) is 0 Å². The molecule has 0 heterocycles. The van der Waals surface area contributed by atoms with E-state index in [9.17, 15) is 13.2 Å². The van der Waals surface area contributed by atoms with Crippen molar-refractivity contribution in [1.29, 1.82) is 0 Å². The van der Waals surface area contributed by atoms with Gasteiger partial charge in [0, 0.05) is 25.9 Å². The lowest BCUT2D eigenvalue weighted by Crippen LogP contribution is -2.26. The summed E-state index contributed by atoms with van der Waals surface area (Å²) >= 11 is 0. The standard InChI is InChI=1S/C13H20N2O5S/c1-20-8-4-2-3-7-15-21(18,19)12-9-10(14)5-6-11(12)13(16)17/h5-6,9,15H,2-4,7-8,14H2,1H3,(H,16,17). The molecule has 1 rings (SSSR count). The second-order valence-corrected chi connectivity index (χ2v) is 6.25. The lowest BCUT2D eigenvalue weighted by atomic mass is 10.2. The van der Waals surface area contributed by atoms with Crippen LogP contribution in [0.4, 0.5) is 5.69 Å². The van der Waals surface area contributed by atoms with E-state index in [0.29, 0.717) is 13.0 Å². The zero-order valence-corrected chi connectivity index (χ0v) is 12.6. The van der Waals surface area contributed by atoms with Crippen LogP contribution in [-0.2, 0) is 14.8 Å². The number of anilines is 1. The van der Waals surface area contributed by atoms with Gasteiger partial charge in [-0.25, -0.2) is 17.9 Å². The zero-order valence-electron chi connectivity index (χ0n) is 11.8. The Kier molecular flexibility index (Phi) is 6.60. The number of nitrogen functional groups attached to an aromatic ring is 1. The minimum Gasteiger partial charge on any atom is -0.478 e. The highest BCUT2D eigenvalue weighted by atomic mass is 32.2. The number of rotatable bonds is 9. The van der Waals surface area contributed by atoms with Gasteiger partial charge in [-0.05, 0) is 37.5 Å². The Labute approximate surface area is 124 Å². The van der Waals surface area contributed by atoms with E-state index < -0.39 is 16.0 Å². The van der Waals surface area contributed by atoms with Crippen molar-refractivity contribution >= 4 is 21.7 Å². The number of carbonyl (C=O) groups is 1. The lowest BCUT2D eigenvalue weighted by molar-refractivity contribution is 0.0692. The molecule has 0 amide bonds. The highest BCUT2D eigenvalue weighted by Gasteiger charge is 2.22. The third-order valence-corrected chi connectivity index (χ3v) is 4.34. The Balaban J connectivity index is 2.74. The van der Waals surface area contributed by atoms with Gasteiger partial charge in [0.05, 0.1) is 10.5 Å². The zero-order chi connectivity index (χ0) is 15.9. The third-order valence-electron chi connectivity index (χ3n) is 2.84. The molecule has 0 spiro atoms. The van der Waals surface area contributed by atoms with E-state index in [1.807, 2.05) is 0 Å². The quantitative estimate of drug-likeness (QED) is 0.463. The number of methoxy groups -OCH3 is 1. The van der Waals surface area contributed by atoms with E-state index in [4.69, 9.17) is 15.6 Å². The molecular formula is C13H20N2O5S. The van der Waals surface area contributed by atoms with E-state index in [2.05, 4.69) is 4.72 Å². The Hall–Kier alpha value is -1.64. The maximum Gasteiger partial charge on any atom is 0.337 e. The second-order valence-electron chi connectivity index (χ2n) is 4.51. The van der Waals surface area contributed by atoms with Crippen LogP contribution in [0.5, 0.6) is 0 Å². The second kappa shape index (κ2) is 7.96. The van der Waals surface area contributed by atoms with Crippen molar-refractivity contribution in [3.63, 3.8) is 0 Å². The molecule has 0 fully saturated rings. The molecule has 8 heteroatoms. The molecular weight excluding hydrogens is 296 g/mol. The average molecular weight is 316 g/mol. The molecule has 0 aliphatic carbocycles. The van der Waals surface area contributed by atoms with Crippen LogP contribution in [0.25, 0.3) is 0 Å². The van der Waals surface area contributed by atoms with Gasteiger partial charge in [0.15, 0.2) is 0 Å². The van der Waals surface area contributed by atoms with Crippen molar-refractivity contribution < 1.29 is 23.1 Å². The van der Waals surface area contributed by atoms with Crippen LogP contribution in [0.1, 0.15) is 29.6 Å². The molecule has 0 aromatic heterocycles. The van der Waals surface area contributed by atoms with E-state index in [1.165, 1.54) is 12.1 Å². The van der Waals surface area contributed by atoms with Gasteiger partial charge in [0.2, 0.25) is 10.0 Å². The number of carboxylic acid groups (broad SMARTS) is 1. The molecule has 0 aliphatic rings. The normalized spacial score (nSPS) is 11.5. The summed E-state index contributed by atoms with van der Waals surface area (Å²) in [5.74, 6) is -1.31. The highest BCUT2D eigenvalue weighted by molar-refractivity contribution is 7.89. The largest absolute Gasteiger partial charge is 0.478 e. The molecule has 4 N–H and O–H groups in total. The third kappa shape index (κ3) is 5.33. The molecule has 7 nitrogen and oxygen atoms in total. The summed E-state index contributed by atoms with van der Waals surface area (Å²) in [5.41, 5.74) is 5.43. The molecule has 0 bridgehead atoms. The van der Waals surface area contributed by atoms with Crippen LogP contribution in [0.2, 0.25) is 0 Å². The smallest absolute Gasteiger partial charge is 0.337 e. The first kappa shape index (κ1) is 17.4. The Bertz CT molecular complexity index is 586. The summed E-state index contributed by atoms with van der Waals surface area (Å²) in [6.07, 6.45) is 2.31. The van der Waals surface area contributed by atoms with Crippen LogP contribution in [-0.4, -0.2) is 39.8 Å². The number of carboxylic acids is 1. The van der Waals surface area contributed by atoms with Gasteiger partial charge in [-0.3, -0.25) is 0 Å². The molecule has 0 unspecified atom stereocenters. The van der Waals surface area contributed by atoms with Crippen molar-refractivity contribution in [2.45, 2.75) is 24.2 Å². The monoisotopic (exact) mass is 316 g/mol. The van der Waals surface area contributed by atoms with Crippen LogP contribution in [0, 0.1) is 0 Å². The number of ether oxygens (including phenoxy) is 1. The molecule has 21 heavy (non-hydrogen) atoms. The van der Waals surface area contributed by atoms with E-state index in [-0.39, 0.29) is 22.7 Å². The number of nitrogens with two attached hydrogens (primary N) is 1. The number of nitrogens with one attached hydrogen (secondary N) is 1. The fourth-order valence-electron chi connectivity index (χ4n) is 1.77. The summed E-state index contributed by atoms with van der Waals surface area (Å²) in [5, 5.41) is 9.04. The van der Waals surface area contributed by atoms with Crippen LogP contribution < -0.4 is 10.5 Å². The van der Waals surface area contributed by atoms with Crippen LogP contribution in [0.3, 0.4) is 0 Å². The molecule has 0 saturated heterocycles. The number of aromatic carboxylic acids is 1. The van der Waals surface area contributed by atoms with Crippen molar-refractivity contribution in [2.75, 3.05) is 26.0 Å². The van der Waals surface area contributed by atoms with Crippen LogP contribution in [0.15, 0.2) is 23.1 Å². The van der Waals surface area contributed by atoms with Gasteiger partial charge in [-0.1, -0.05) is 0 Å². The minimum absolute atomic E-state index is 0.195. The summed E-state index contributed by atoms with van der Waals surface area (Å²) in [4.78, 5) is 10.8. The van der Waals surface area contributed by atoms with E-state index in [0.717, 1.165) is 18.9 Å². The summed E-state index contributed by atoms with van der Waals surface area (Å²) in [6.45, 7) is 0.866. The maximum absolute atomic E-state index is 12.1. The van der Waals surface area contributed by atoms with Gasteiger partial charge >= 0.3 is 5.97 Å². The molecule has 0 atom stereocenters. The highest BCUT2D eigenvalue weighted by Crippen LogP contribution is 2.19. The van der Waals surface area contributed by atoms with Crippen molar-refractivity contribution in [3.05, 3.63) is 23.8 Å². The summed E-state index contributed by atoms with van der Waals surface area (Å²) in [7, 11) is -2.29. The molecule has 1 aromatic rings. The lowest BCUT2D eigenvalue weighted by Gasteiger charge is -2.10. The Morgan fingerprint density at radius 2 is 2.05 bits per heavy atom. The molecule has 0 radical (unpaired) electrons. The molecule has 0 aliphatic heterocycles. The molecule has 118 valence electrons. The predicted octanol–water partition coefficient (Wildman–Crippen LogP) is 1.06. The van der Waals surface area contributed by atoms with E-state index >= 15 is 0 Å². The number of unbranched alkanes of at least 4 members (excludes halogenated alkanes) is 2. The fourth-order valence-corrected chi connectivity index (χ4v) is 3.08. The van der Waals surface area contributed by atoms with Crippen molar-refractivity contribution in [3.8, 4) is 0 Å². The molecule has 1 aromatic carbocycles. The first-order chi connectivity index (χ1) is 9.88. The number of sulfonamides is 1. The predicted molar refractivity (Wildman–Crippen MR) is 78.7 cm³/mol. The Morgan fingerprint density at radius 3 is 2.67 bits per heavy atom. The number of hydrogen-bond donors (Lipinski definition) is 3. The summed E-state index contributed by atoms with van der Waals surface area (Å²) in [6, 6.07) is 3.69. The van der Waals surface area contributed by atoms with Gasteiger partial charge < -0.3 is 15.6 Å². The SMILES string of the molecule is COCCCCCNS(=O)(=O)c1cc(N)ccc1C(=O)O. The molecule has 0 saturated carbocycles. The minimum atomic E-state index is -3.89. The van der Waals surface area contributed by atoms with Gasteiger partial charge in [0.1, 0.15) is 0 Å². The average Bonchev–Trinajstić information content (AvgIpc) is 2.42. The van der Waals surface area contributed by atoms with Gasteiger partial charge in [0.25, 0.3) is 0 Å². The van der Waals surface area contributed by atoms with E-state index in [1.54, 1.807) is 7.11 Å². The fraction of sp³-hybridized carbons (Fsp3) is 0.462. The van der Waals surface area contributed by atoms with Crippen molar-refractivity contribution in [1.82, 2.24) is 4.72 Å². The maximum atomic E-state index is 12.1. The van der Waals surface area contributed by atoms with Crippen LogP contribution >= 0.6 is 0 Å². The van der Waals surface area contributed by atoms with Crippen molar-refractivity contribution in [2.24, 2.45) is 0 Å². The Morgan fingerprint density at radius 1 is 1.33 bits per heavy atom. The first-order valence-corrected chi connectivity index (χ1v) is 7.98. The topological polar surface area (TPSA) is 119 Å². The first-order valence-electron chi connectivity index (χ1n) is 6.50. The number of benzene rings is 1. The van der Waals surface area contributed by atoms with Gasteiger partial charge in [-0.2, -0.15) is 0 Å². The number of hydrogen-bond acceptors (Lipinski definition) is 5. The summed E-state index contributed by atoms with van der Waals surface area (Å²) < 4.78 is 31.6.